The van der Waals surface area contributed by atoms with E-state index in [0.29, 0.717) is 18.4 Å². The quantitative estimate of drug-likeness (QED) is 0.558. The van der Waals surface area contributed by atoms with Gasteiger partial charge in [0.05, 0.1) is 17.9 Å². The lowest BCUT2D eigenvalue weighted by atomic mass is 9.76. The molecule has 0 aromatic heterocycles. The summed E-state index contributed by atoms with van der Waals surface area (Å²) in [5.74, 6) is -0.965. The zero-order valence-electron chi connectivity index (χ0n) is 14.4. The molecule has 3 aliphatic heterocycles. The number of esters is 2. The van der Waals surface area contributed by atoms with Crippen molar-refractivity contribution in [2.75, 3.05) is 0 Å². The van der Waals surface area contributed by atoms with E-state index in [1.165, 1.54) is 0 Å². The van der Waals surface area contributed by atoms with Gasteiger partial charge in [-0.2, -0.15) is 0 Å². The molecule has 25 heavy (non-hydrogen) atoms. The van der Waals surface area contributed by atoms with E-state index >= 15 is 0 Å². The van der Waals surface area contributed by atoms with E-state index in [1.54, 1.807) is 6.92 Å². The first kappa shape index (κ1) is 16.8. The maximum atomic E-state index is 12.8. The Morgan fingerprint density at radius 3 is 2.76 bits per heavy atom. The van der Waals surface area contributed by atoms with Gasteiger partial charge in [-0.25, -0.2) is 0 Å². The summed E-state index contributed by atoms with van der Waals surface area (Å²) in [6.45, 7) is 5.41. The molecule has 0 spiro atoms. The molecular weight excluding hydrogens is 324 g/mol. The van der Waals surface area contributed by atoms with Crippen LogP contribution in [0.4, 0.5) is 0 Å². The number of ether oxygens (including phenoxy) is 3. The maximum Gasteiger partial charge on any atom is 0.312 e. The van der Waals surface area contributed by atoms with E-state index in [2.05, 4.69) is 6.58 Å². The van der Waals surface area contributed by atoms with E-state index in [-0.39, 0.29) is 47.7 Å². The van der Waals surface area contributed by atoms with Gasteiger partial charge >= 0.3 is 11.9 Å². The molecule has 1 aliphatic carbocycles. The minimum atomic E-state index is -0.500. The number of rotatable bonds is 5. The van der Waals surface area contributed by atoms with Gasteiger partial charge in [-0.15, -0.1) is 0 Å². The van der Waals surface area contributed by atoms with Crippen LogP contribution < -0.4 is 0 Å². The van der Waals surface area contributed by atoms with Crippen LogP contribution in [0.1, 0.15) is 45.4 Å². The van der Waals surface area contributed by atoms with E-state index in [9.17, 15) is 14.4 Å². The van der Waals surface area contributed by atoms with Crippen molar-refractivity contribution in [3.05, 3.63) is 12.2 Å². The van der Waals surface area contributed by atoms with Gasteiger partial charge in [-0.05, 0) is 37.7 Å². The minimum Gasteiger partial charge on any atom is -0.455 e. The van der Waals surface area contributed by atoms with Gasteiger partial charge in [-0.3, -0.25) is 14.4 Å². The Bertz CT molecular complexity index is 625. The SMILES string of the molecule is C=C(C)C(=O)CC1CCCCC1C(=O)OC1C2CC3C(=O)OC1C3O2. The van der Waals surface area contributed by atoms with Crippen molar-refractivity contribution in [1.82, 2.24) is 0 Å². The summed E-state index contributed by atoms with van der Waals surface area (Å²) in [4.78, 5) is 36.6. The van der Waals surface area contributed by atoms with Crippen LogP contribution in [-0.4, -0.2) is 42.1 Å². The molecule has 0 amide bonds. The van der Waals surface area contributed by atoms with Crippen LogP contribution in [0.25, 0.3) is 0 Å². The first-order valence-electron chi connectivity index (χ1n) is 9.21. The summed E-state index contributed by atoms with van der Waals surface area (Å²) in [5, 5.41) is 0. The second kappa shape index (κ2) is 6.24. The number of Topliss-reactive ketones (excluding diaryl/α,β-unsaturated/α-hetero) is 1. The third-order valence-corrected chi connectivity index (χ3v) is 6.17. The first-order chi connectivity index (χ1) is 12.0. The van der Waals surface area contributed by atoms with Crippen LogP contribution in [0.5, 0.6) is 0 Å². The molecule has 4 rings (SSSR count). The molecule has 7 unspecified atom stereocenters. The van der Waals surface area contributed by atoms with Crippen LogP contribution in [0.2, 0.25) is 0 Å². The fourth-order valence-corrected chi connectivity index (χ4v) is 4.78. The van der Waals surface area contributed by atoms with Crippen molar-refractivity contribution in [3.8, 4) is 0 Å². The molecule has 4 fully saturated rings. The molecule has 1 saturated carbocycles. The summed E-state index contributed by atoms with van der Waals surface area (Å²) in [7, 11) is 0. The van der Waals surface area contributed by atoms with E-state index < -0.39 is 12.2 Å². The van der Waals surface area contributed by atoms with E-state index in [4.69, 9.17) is 14.2 Å². The average molecular weight is 348 g/mol. The highest BCUT2D eigenvalue weighted by Crippen LogP contribution is 2.48. The number of allylic oxidation sites excluding steroid dienone is 1. The lowest BCUT2D eigenvalue weighted by Gasteiger charge is -2.31. The van der Waals surface area contributed by atoms with Crippen molar-refractivity contribution >= 4 is 17.7 Å². The Hall–Kier alpha value is -1.69. The highest BCUT2D eigenvalue weighted by molar-refractivity contribution is 5.94. The summed E-state index contributed by atoms with van der Waals surface area (Å²) in [6.07, 6.45) is 3.04. The fraction of sp³-hybridized carbons (Fsp3) is 0.737. The molecule has 0 aromatic rings. The summed E-state index contributed by atoms with van der Waals surface area (Å²) < 4.78 is 16.9. The highest BCUT2D eigenvalue weighted by Gasteiger charge is 2.65. The number of carbonyl (C=O) groups excluding carboxylic acids is 3. The highest BCUT2D eigenvalue weighted by atomic mass is 16.7. The molecule has 6 nitrogen and oxygen atoms in total. The number of hydrogen-bond acceptors (Lipinski definition) is 6. The molecule has 136 valence electrons. The van der Waals surface area contributed by atoms with Crippen LogP contribution >= 0.6 is 0 Å². The average Bonchev–Trinajstić information content (AvgIpc) is 3.20. The minimum absolute atomic E-state index is 0.00355. The van der Waals surface area contributed by atoms with Crippen LogP contribution in [-0.2, 0) is 28.6 Å². The van der Waals surface area contributed by atoms with Crippen molar-refractivity contribution in [2.24, 2.45) is 17.8 Å². The Morgan fingerprint density at radius 1 is 1.24 bits per heavy atom. The molecule has 4 aliphatic rings. The molecular formula is C19H24O6. The number of ketones is 1. The topological polar surface area (TPSA) is 78.9 Å². The predicted molar refractivity (Wildman–Crippen MR) is 86.4 cm³/mol. The van der Waals surface area contributed by atoms with Gasteiger partial charge in [0.2, 0.25) is 0 Å². The second-order valence-corrected chi connectivity index (χ2v) is 7.84. The molecule has 6 heteroatoms. The Morgan fingerprint density at radius 2 is 2.00 bits per heavy atom. The van der Waals surface area contributed by atoms with Crippen molar-refractivity contribution in [3.63, 3.8) is 0 Å². The molecule has 3 heterocycles. The van der Waals surface area contributed by atoms with Gasteiger partial charge in [-0.1, -0.05) is 19.4 Å². The van der Waals surface area contributed by atoms with Gasteiger partial charge in [0.15, 0.2) is 18.0 Å². The zero-order chi connectivity index (χ0) is 17.7. The first-order valence-corrected chi connectivity index (χ1v) is 9.21. The third-order valence-electron chi connectivity index (χ3n) is 6.17. The normalized spacial score (nSPS) is 41.5. The van der Waals surface area contributed by atoms with Crippen LogP contribution in [0, 0.1) is 17.8 Å². The Labute approximate surface area is 146 Å². The van der Waals surface area contributed by atoms with E-state index in [0.717, 1.165) is 25.7 Å². The van der Waals surface area contributed by atoms with Crippen molar-refractivity contribution < 1.29 is 28.6 Å². The number of carbonyl (C=O) groups is 3. The Kier molecular flexibility index (Phi) is 4.18. The van der Waals surface area contributed by atoms with Gasteiger partial charge < -0.3 is 14.2 Å². The second-order valence-electron chi connectivity index (χ2n) is 7.84. The molecule has 7 atom stereocenters. The number of hydrogen-bond donors (Lipinski definition) is 0. The molecule has 0 N–H and O–H groups in total. The van der Waals surface area contributed by atoms with Crippen molar-refractivity contribution in [1.29, 1.82) is 0 Å². The summed E-state index contributed by atoms with van der Waals surface area (Å²) >= 11 is 0. The number of fused-ring (bicyclic) bond motifs is 1. The lowest BCUT2D eigenvalue weighted by molar-refractivity contribution is -0.167. The summed E-state index contributed by atoms with van der Waals surface area (Å²) in [6, 6.07) is 0. The largest absolute Gasteiger partial charge is 0.455 e. The van der Waals surface area contributed by atoms with Crippen LogP contribution in [0.3, 0.4) is 0 Å². The van der Waals surface area contributed by atoms with Gasteiger partial charge in [0.25, 0.3) is 0 Å². The van der Waals surface area contributed by atoms with Crippen molar-refractivity contribution in [2.45, 2.75) is 69.9 Å². The van der Waals surface area contributed by atoms with E-state index in [1.807, 2.05) is 0 Å². The predicted octanol–water partition coefficient (Wildman–Crippen LogP) is 1.95. The molecule has 3 saturated heterocycles. The maximum absolute atomic E-state index is 12.8. The summed E-state index contributed by atoms with van der Waals surface area (Å²) in [5.41, 5.74) is 0.531. The van der Waals surface area contributed by atoms with Crippen LogP contribution in [0.15, 0.2) is 12.2 Å². The smallest absolute Gasteiger partial charge is 0.312 e. The van der Waals surface area contributed by atoms with Gasteiger partial charge in [0, 0.05) is 6.42 Å². The molecule has 0 radical (unpaired) electrons. The Balaban J connectivity index is 1.42. The molecule has 2 bridgehead atoms. The molecule has 0 aromatic carbocycles. The standard InChI is InChI=1S/C19H24O6/c1-9(2)13(20)7-10-5-3-4-6-11(10)18(21)24-16-14-8-12-15(23-14)17(16)25-19(12)22/h10-12,14-17H,1,3-8H2,2H3. The monoisotopic (exact) mass is 348 g/mol. The lowest BCUT2D eigenvalue weighted by Crippen LogP contribution is -2.42. The van der Waals surface area contributed by atoms with Gasteiger partial charge in [0.1, 0.15) is 6.10 Å². The third kappa shape index (κ3) is 2.80. The zero-order valence-corrected chi connectivity index (χ0v) is 14.4. The fourth-order valence-electron chi connectivity index (χ4n) is 4.78.